The van der Waals surface area contributed by atoms with E-state index in [-0.39, 0.29) is 19.4 Å². The van der Waals surface area contributed by atoms with Crippen LogP contribution in [0.15, 0.2) is 0 Å². The Hall–Kier alpha value is -2.34. The van der Waals surface area contributed by atoms with Crippen molar-refractivity contribution in [3.63, 3.8) is 0 Å². The first-order chi connectivity index (χ1) is 14.1. The van der Waals surface area contributed by atoms with Crippen molar-refractivity contribution in [1.82, 2.24) is 15.5 Å². The minimum absolute atomic E-state index is 0.147. The first-order valence-corrected chi connectivity index (χ1v) is 11.1. The van der Waals surface area contributed by atoms with E-state index in [1.165, 1.54) is 23.6 Å². The van der Waals surface area contributed by atoms with Crippen LogP contribution in [0.3, 0.4) is 0 Å². The van der Waals surface area contributed by atoms with Crippen molar-refractivity contribution >= 4 is 41.4 Å². The largest absolute Gasteiger partial charge is 0.481 e. The Labute approximate surface area is 179 Å². The van der Waals surface area contributed by atoms with Crippen LogP contribution < -0.4 is 16.4 Å². The molecule has 1 aliphatic rings. The number of carbonyl (C=O) groups excluding carboxylic acids is 3. The predicted molar refractivity (Wildman–Crippen MR) is 110 cm³/mol. The maximum Gasteiger partial charge on any atom is 0.325 e. The molecule has 0 aliphatic carbocycles. The van der Waals surface area contributed by atoms with Crippen molar-refractivity contribution in [3.8, 4) is 0 Å². The Bertz CT molecular complexity index is 660. The van der Waals surface area contributed by atoms with Crippen molar-refractivity contribution in [2.24, 2.45) is 5.73 Å². The molecule has 0 aromatic rings. The van der Waals surface area contributed by atoms with Gasteiger partial charge in [0.15, 0.2) is 0 Å². The molecule has 12 heteroatoms. The smallest absolute Gasteiger partial charge is 0.325 e. The normalized spacial score (nSPS) is 18.9. The van der Waals surface area contributed by atoms with E-state index in [4.69, 9.17) is 15.9 Å². The third kappa shape index (κ3) is 7.82. The molecule has 1 saturated heterocycles. The van der Waals surface area contributed by atoms with E-state index in [2.05, 4.69) is 10.6 Å². The minimum atomic E-state index is -1.20. The number of hydrogen-bond acceptors (Lipinski definition) is 7. The first-order valence-electron chi connectivity index (χ1n) is 9.68. The Morgan fingerprint density at radius 1 is 1.17 bits per heavy atom. The average Bonchev–Trinajstić information content (AvgIpc) is 3.18. The van der Waals surface area contributed by atoms with Crippen LogP contribution in [0.4, 0.5) is 0 Å². The van der Waals surface area contributed by atoms with Crippen LogP contribution in [0.2, 0.25) is 0 Å². The molecular formula is C18H30N4O7S. The summed E-state index contributed by atoms with van der Waals surface area (Å²) in [5.74, 6) is -3.42. The molecule has 6 N–H and O–H groups in total. The van der Waals surface area contributed by atoms with Crippen LogP contribution in [0, 0.1) is 0 Å². The van der Waals surface area contributed by atoms with Crippen LogP contribution in [-0.2, 0) is 24.0 Å². The zero-order valence-corrected chi connectivity index (χ0v) is 17.9. The second-order valence-electron chi connectivity index (χ2n) is 7.14. The molecule has 30 heavy (non-hydrogen) atoms. The minimum Gasteiger partial charge on any atom is -0.481 e. The summed E-state index contributed by atoms with van der Waals surface area (Å²) in [5, 5.41) is 22.8. The van der Waals surface area contributed by atoms with Crippen LogP contribution in [-0.4, -0.2) is 87.5 Å². The van der Waals surface area contributed by atoms with E-state index >= 15 is 0 Å². The summed E-state index contributed by atoms with van der Waals surface area (Å²) in [7, 11) is 0. The van der Waals surface area contributed by atoms with Crippen molar-refractivity contribution in [3.05, 3.63) is 0 Å². The number of rotatable bonds is 12. The molecule has 1 rings (SSSR count). The van der Waals surface area contributed by atoms with Gasteiger partial charge in [0.25, 0.3) is 0 Å². The molecule has 0 spiro atoms. The molecule has 4 unspecified atom stereocenters. The summed E-state index contributed by atoms with van der Waals surface area (Å²) >= 11 is 1.52. The van der Waals surface area contributed by atoms with Gasteiger partial charge in [-0.05, 0) is 44.6 Å². The van der Waals surface area contributed by atoms with E-state index in [0.29, 0.717) is 25.0 Å². The molecule has 3 amide bonds. The predicted octanol–water partition coefficient (Wildman–Crippen LogP) is -1.00. The molecule has 0 bridgehead atoms. The van der Waals surface area contributed by atoms with Gasteiger partial charge in [-0.15, -0.1) is 0 Å². The third-order valence-electron chi connectivity index (χ3n) is 4.80. The average molecular weight is 447 g/mol. The number of nitrogens with one attached hydrogen (secondary N) is 2. The second-order valence-corrected chi connectivity index (χ2v) is 8.13. The highest BCUT2D eigenvalue weighted by Crippen LogP contribution is 2.20. The number of carboxylic acid groups (broad SMARTS) is 2. The molecule has 4 atom stereocenters. The van der Waals surface area contributed by atoms with E-state index in [1.807, 2.05) is 6.26 Å². The van der Waals surface area contributed by atoms with E-state index < -0.39 is 53.8 Å². The lowest BCUT2D eigenvalue weighted by molar-refractivity contribution is -0.144. The van der Waals surface area contributed by atoms with Gasteiger partial charge in [-0.3, -0.25) is 24.0 Å². The highest BCUT2D eigenvalue weighted by molar-refractivity contribution is 7.98. The molecule has 0 aromatic heterocycles. The van der Waals surface area contributed by atoms with Gasteiger partial charge in [0.2, 0.25) is 17.7 Å². The summed E-state index contributed by atoms with van der Waals surface area (Å²) in [6.45, 7) is 1.56. The van der Waals surface area contributed by atoms with Crippen LogP contribution in [0.1, 0.15) is 39.0 Å². The van der Waals surface area contributed by atoms with Gasteiger partial charge in [-0.25, -0.2) is 0 Å². The zero-order chi connectivity index (χ0) is 22.8. The monoisotopic (exact) mass is 446 g/mol. The quantitative estimate of drug-likeness (QED) is 0.251. The molecule has 1 aliphatic heterocycles. The molecule has 1 heterocycles. The molecule has 0 aromatic carbocycles. The van der Waals surface area contributed by atoms with Crippen LogP contribution >= 0.6 is 11.8 Å². The van der Waals surface area contributed by atoms with Gasteiger partial charge in [-0.2, -0.15) is 11.8 Å². The van der Waals surface area contributed by atoms with Crippen molar-refractivity contribution in [2.75, 3.05) is 18.6 Å². The lowest BCUT2D eigenvalue weighted by atomic mass is 10.1. The molecule has 1 fully saturated rings. The Kier molecular flexibility index (Phi) is 10.6. The summed E-state index contributed by atoms with van der Waals surface area (Å²) in [5.41, 5.74) is 5.83. The van der Waals surface area contributed by atoms with Gasteiger partial charge in [0.05, 0.1) is 6.04 Å². The van der Waals surface area contributed by atoms with Crippen LogP contribution in [0.5, 0.6) is 0 Å². The number of amides is 3. The summed E-state index contributed by atoms with van der Waals surface area (Å²) < 4.78 is 0. The van der Waals surface area contributed by atoms with Crippen molar-refractivity contribution < 1.29 is 34.2 Å². The second kappa shape index (κ2) is 12.4. The summed E-state index contributed by atoms with van der Waals surface area (Å²) in [6, 6.07) is -3.98. The first kappa shape index (κ1) is 25.7. The zero-order valence-electron chi connectivity index (χ0n) is 17.1. The van der Waals surface area contributed by atoms with Crippen molar-refractivity contribution in [1.29, 1.82) is 0 Å². The Morgan fingerprint density at radius 3 is 2.40 bits per heavy atom. The van der Waals surface area contributed by atoms with Gasteiger partial charge >= 0.3 is 11.9 Å². The van der Waals surface area contributed by atoms with Gasteiger partial charge in [-0.1, -0.05) is 0 Å². The maximum atomic E-state index is 13.0. The fourth-order valence-electron chi connectivity index (χ4n) is 3.05. The molecule has 170 valence electrons. The van der Waals surface area contributed by atoms with E-state index in [9.17, 15) is 24.0 Å². The number of nitrogens with zero attached hydrogens (tertiary/aromatic N) is 1. The van der Waals surface area contributed by atoms with E-state index in [0.717, 1.165) is 0 Å². The fraction of sp³-hybridized carbons (Fsp3) is 0.722. The molecular weight excluding hydrogens is 416 g/mol. The molecule has 11 nitrogen and oxygen atoms in total. The third-order valence-corrected chi connectivity index (χ3v) is 5.44. The van der Waals surface area contributed by atoms with Gasteiger partial charge in [0, 0.05) is 13.0 Å². The summed E-state index contributed by atoms with van der Waals surface area (Å²) in [6.07, 6.45) is 2.64. The van der Waals surface area contributed by atoms with Gasteiger partial charge < -0.3 is 31.5 Å². The number of carboxylic acids is 2. The lowest BCUT2D eigenvalue weighted by Crippen LogP contribution is -2.56. The highest BCUT2D eigenvalue weighted by atomic mass is 32.2. The highest BCUT2D eigenvalue weighted by Gasteiger charge is 2.38. The summed E-state index contributed by atoms with van der Waals surface area (Å²) in [4.78, 5) is 61.1. The fourth-order valence-corrected chi connectivity index (χ4v) is 3.54. The molecule has 0 saturated carbocycles. The van der Waals surface area contributed by atoms with Crippen LogP contribution in [0.25, 0.3) is 0 Å². The molecule has 0 radical (unpaired) electrons. The number of carbonyl (C=O) groups is 5. The Balaban J connectivity index is 2.90. The maximum absolute atomic E-state index is 13.0. The van der Waals surface area contributed by atoms with Crippen molar-refractivity contribution in [2.45, 2.75) is 63.2 Å². The lowest BCUT2D eigenvalue weighted by Gasteiger charge is -2.29. The number of likely N-dealkylation sites (tertiary alicyclic amines) is 1. The number of thioether (sulfide) groups is 1. The van der Waals surface area contributed by atoms with Gasteiger partial charge in [0.1, 0.15) is 18.1 Å². The number of aliphatic carboxylic acids is 2. The standard InChI is InChI=1S/C18H30N4O7S/c1-10(18(28)29)20-16(26)13-4-3-8-22(13)17(27)12(5-6-14(23)24)21-15(25)11(19)7-9-30-2/h10-13H,3-9,19H2,1-2H3,(H,20,26)(H,21,25)(H,23,24)(H,28,29). The van der Waals surface area contributed by atoms with E-state index in [1.54, 1.807) is 0 Å². The number of hydrogen-bond donors (Lipinski definition) is 5. The topological polar surface area (TPSA) is 179 Å². The number of nitrogens with two attached hydrogens (primary N) is 1. The SMILES string of the molecule is CSCCC(N)C(=O)NC(CCC(=O)O)C(=O)N1CCCC1C(=O)NC(C)C(=O)O. The Morgan fingerprint density at radius 2 is 1.83 bits per heavy atom.